The van der Waals surface area contributed by atoms with Crippen LogP contribution in [0.4, 0.5) is 0 Å². The highest BCUT2D eigenvalue weighted by atomic mass is 31.2. The van der Waals surface area contributed by atoms with Gasteiger partial charge in [-0.3, -0.25) is 14.2 Å². The van der Waals surface area contributed by atoms with E-state index in [0.29, 0.717) is 17.4 Å². The molecule has 0 saturated heterocycles. The van der Waals surface area contributed by atoms with Crippen molar-refractivity contribution >= 4 is 19.8 Å². The molecule has 9 nitrogen and oxygen atoms in total. The number of esters is 2. The lowest BCUT2D eigenvalue weighted by molar-refractivity contribution is -0.870. The Balaban J connectivity index is 4.15. The van der Waals surface area contributed by atoms with E-state index in [1.54, 1.807) is 0 Å². The topological polar surface area (TPSA) is 111 Å². The molecule has 0 radical (unpaired) electrons. The Labute approximate surface area is 530 Å². The number of hydrogen-bond acceptors (Lipinski definition) is 8. The number of carbonyl (C=O) groups is 2. The molecule has 0 heterocycles. The highest BCUT2D eigenvalue weighted by molar-refractivity contribution is 7.45. The highest BCUT2D eigenvalue weighted by Gasteiger charge is 2.22. The summed E-state index contributed by atoms with van der Waals surface area (Å²) in [5.74, 6) is -0.851. The SMILES string of the molecule is CC/C=C\C/C=C\C/C=C\C/C=C\C/C=C\C/C=C\C/C=C\C/C=C\C/C=C\C/C=C\CCCCCCCCC(=O)OC(COC(=O)CCCCCCCCCCCCCCC/C=C\CCCCCCCCCC)COP(=O)([O-])OCC[N+](C)(C)C. The minimum atomic E-state index is -4.65. The van der Waals surface area contributed by atoms with Crippen LogP contribution in [0.25, 0.3) is 0 Å². The van der Waals surface area contributed by atoms with Crippen molar-refractivity contribution in [3.05, 3.63) is 134 Å². The maximum Gasteiger partial charge on any atom is 0.306 e. The molecule has 0 saturated carbocycles. The average molecular weight is 1220 g/mol. The Bertz CT molecular complexity index is 1910. The number of unbranched alkanes of at least 4 members (excludes halogenated alkanes) is 27. The molecule has 86 heavy (non-hydrogen) atoms. The van der Waals surface area contributed by atoms with Gasteiger partial charge in [0.2, 0.25) is 0 Å². The van der Waals surface area contributed by atoms with Gasteiger partial charge in [0.25, 0.3) is 7.82 Å². The summed E-state index contributed by atoms with van der Waals surface area (Å²) in [5, 5.41) is 0. The predicted octanol–water partition coefficient (Wildman–Crippen LogP) is 22.2. The largest absolute Gasteiger partial charge is 0.756 e. The first kappa shape index (κ1) is 82.1. The van der Waals surface area contributed by atoms with Crippen LogP contribution >= 0.6 is 7.82 Å². The fraction of sp³-hybridized carbons (Fsp3) is 0.684. The van der Waals surface area contributed by atoms with Crippen LogP contribution in [0, 0.1) is 0 Å². The Morgan fingerprint density at radius 1 is 0.372 bits per heavy atom. The van der Waals surface area contributed by atoms with E-state index in [0.717, 1.165) is 122 Å². The molecule has 0 aliphatic rings. The predicted molar refractivity (Wildman–Crippen MR) is 369 cm³/mol. The van der Waals surface area contributed by atoms with E-state index in [9.17, 15) is 19.0 Å². The molecule has 0 aromatic carbocycles. The first-order chi connectivity index (χ1) is 42.0. The normalized spacial score (nSPS) is 14.0. The molecule has 0 aliphatic carbocycles. The molecule has 0 aliphatic heterocycles. The lowest BCUT2D eigenvalue weighted by Gasteiger charge is -2.28. The van der Waals surface area contributed by atoms with Crippen molar-refractivity contribution in [2.24, 2.45) is 0 Å². The van der Waals surface area contributed by atoms with Crippen LogP contribution < -0.4 is 4.89 Å². The first-order valence-electron chi connectivity index (χ1n) is 34.9. The summed E-state index contributed by atoms with van der Waals surface area (Å²) in [7, 11) is 1.14. The number of phosphoric ester groups is 1. The van der Waals surface area contributed by atoms with Crippen molar-refractivity contribution in [2.75, 3.05) is 47.5 Å². The van der Waals surface area contributed by atoms with E-state index in [2.05, 4.69) is 148 Å². The van der Waals surface area contributed by atoms with Crippen molar-refractivity contribution in [2.45, 2.75) is 290 Å². The molecule has 0 aromatic rings. The zero-order chi connectivity index (χ0) is 62.6. The molecule has 0 fully saturated rings. The van der Waals surface area contributed by atoms with Gasteiger partial charge in [-0.1, -0.05) is 289 Å². The Hall–Kier alpha value is -3.85. The number of likely N-dealkylation sites (N-methyl/N-ethyl adjacent to an activating group) is 1. The zero-order valence-electron chi connectivity index (χ0n) is 56.0. The van der Waals surface area contributed by atoms with Crippen molar-refractivity contribution in [3.8, 4) is 0 Å². The van der Waals surface area contributed by atoms with Crippen molar-refractivity contribution in [3.63, 3.8) is 0 Å². The molecule has 2 atom stereocenters. The molecule has 0 amide bonds. The van der Waals surface area contributed by atoms with E-state index in [1.807, 2.05) is 21.1 Å². The molecule has 0 aromatic heterocycles. The molecule has 2 unspecified atom stereocenters. The number of allylic oxidation sites excluding steroid dienone is 22. The molecule has 0 bridgehead atoms. The van der Waals surface area contributed by atoms with Crippen LogP contribution in [-0.4, -0.2) is 70.0 Å². The number of ether oxygens (including phenoxy) is 2. The Morgan fingerprint density at radius 3 is 1.00 bits per heavy atom. The monoisotopic (exact) mass is 1220 g/mol. The van der Waals surface area contributed by atoms with Crippen molar-refractivity contribution in [1.29, 1.82) is 0 Å². The fourth-order valence-corrected chi connectivity index (χ4v) is 10.1. The van der Waals surface area contributed by atoms with E-state index in [1.165, 1.54) is 128 Å². The molecule has 0 rings (SSSR count). The molecule has 10 heteroatoms. The number of quaternary nitrogens is 1. The average Bonchev–Trinajstić information content (AvgIpc) is 3.67. The summed E-state index contributed by atoms with van der Waals surface area (Å²) in [5.41, 5.74) is 0. The fourth-order valence-electron chi connectivity index (χ4n) is 9.33. The Kier molecular flexibility index (Phi) is 62.7. The maximum absolute atomic E-state index is 12.9. The van der Waals surface area contributed by atoms with Crippen LogP contribution in [0.3, 0.4) is 0 Å². The summed E-state index contributed by atoms with van der Waals surface area (Å²) in [6.07, 6.45) is 95.2. The third-order valence-electron chi connectivity index (χ3n) is 14.7. The second-order valence-corrected chi connectivity index (χ2v) is 25.6. The number of nitrogens with zero attached hydrogens (tertiary/aromatic N) is 1. The molecular weight excluding hydrogens is 1090 g/mol. The third kappa shape index (κ3) is 69.3. The van der Waals surface area contributed by atoms with Gasteiger partial charge < -0.3 is 27.9 Å². The van der Waals surface area contributed by atoms with Gasteiger partial charge >= 0.3 is 11.9 Å². The number of carbonyl (C=O) groups excluding carboxylic acids is 2. The van der Waals surface area contributed by atoms with Crippen molar-refractivity contribution < 1.29 is 42.1 Å². The highest BCUT2D eigenvalue weighted by Crippen LogP contribution is 2.38. The van der Waals surface area contributed by atoms with Gasteiger partial charge in [0.1, 0.15) is 19.8 Å². The number of rotatable bonds is 63. The molecule has 0 spiro atoms. The lowest BCUT2D eigenvalue weighted by atomic mass is 10.0. The van der Waals surface area contributed by atoms with Gasteiger partial charge in [-0.2, -0.15) is 0 Å². The lowest BCUT2D eigenvalue weighted by Crippen LogP contribution is -2.37. The van der Waals surface area contributed by atoms with Crippen LogP contribution in [0.15, 0.2) is 134 Å². The Morgan fingerprint density at radius 2 is 0.663 bits per heavy atom. The van der Waals surface area contributed by atoms with Crippen LogP contribution in [0.1, 0.15) is 284 Å². The minimum Gasteiger partial charge on any atom is -0.756 e. The van der Waals surface area contributed by atoms with Gasteiger partial charge in [-0.15, -0.1) is 0 Å². The van der Waals surface area contributed by atoms with Crippen LogP contribution in [0.5, 0.6) is 0 Å². The van der Waals surface area contributed by atoms with Gasteiger partial charge in [-0.05, 0) is 116 Å². The summed E-state index contributed by atoms with van der Waals surface area (Å²) in [4.78, 5) is 38.1. The zero-order valence-corrected chi connectivity index (χ0v) is 56.9. The van der Waals surface area contributed by atoms with Crippen LogP contribution in [-0.2, 0) is 32.7 Å². The molecule has 492 valence electrons. The smallest absolute Gasteiger partial charge is 0.306 e. The third-order valence-corrected chi connectivity index (χ3v) is 15.6. The number of hydrogen-bond donors (Lipinski definition) is 0. The molecule has 0 N–H and O–H groups in total. The number of phosphoric acid groups is 1. The second kappa shape index (κ2) is 65.6. The standard InChI is InChI=1S/C76H130NO8P/c1-6-8-10-12-14-16-18-20-22-24-26-28-30-32-33-34-35-36-37-38-39-40-41-42-43-45-47-49-51-53-55-57-59-61-63-65-67-69-76(79)85-74(73-84-86(80,81)83-71-70-77(3,4)5)72-82-75(78)68-66-64-62-60-58-56-54-52-50-48-46-44-31-29-27-25-23-21-19-17-15-13-11-9-7-2/h8,10,14,16,20,22,25-28,32-33,35-36,38-39,41-42,45,47,51,53,74H,6-7,9,11-13,15,17-19,21,23-24,29-31,34,37,40,43-44,46,48-50,52,54-73H2,1-5H3/b10-8-,16-14-,22-20-,27-25-,28-26-,33-32-,36-35-,39-38-,42-41-,47-45-,53-51-. The maximum atomic E-state index is 12.9. The first-order valence-corrected chi connectivity index (χ1v) is 36.4. The van der Waals surface area contributed by atoms with Gasteiger partial charge in [0.15, 0.2) is 6.10 Å². The van der Waals surface area contributed by atoms with E-state index < -0.39 is 26.5 Å². The summed E-state index contributed by atoms with van der Waals surface area (Å²) < 4.78 is 34.3. The second-order valence-electron chi connectivity index (χ2n) is 24.2. The quantitative estimate of drug-likeness (QED) is 0.0195. The van der Waals surface area contributed by atoms with Gasteiger partial charge in [-0.25, -0.2) is 0 Å². The summed E-state index contributed by atoms with van der Waals surface area (Å²) >= 11 is 0. The van der Waals surface area contributed by atoms with E-state index >= 15 is 0 Å². The summed E-state index contributed by atoms with van der Waals surface area (Å²) in [6.45, 7) is 4.12. The minimum absolute atomic E-state index is 0.0398. The van der Waals surface area contributed by atoms with Crippen molar-refractivity contribution in [1.82, 2.24) is 0 Å². The van der Waals surface area contributed by atoms with Crippen LogP contribution in [0.2, 0.25) is 0 Å². The van der Waals surface area contributed by atoms with Gasteiger partial charge in [0.05, 0.1) is 27.7 Å². The molecular formula is C76H130NO8P. The van der Waals surface area contributed by atoms with E-state index in [4.69, 9.17) is 18.5 Å². The summed E-state index contributed by atoms with van der Waals surface area (Å²) in [6, 6.07) is 0. The van der Waals surface area contributed by atoms with E-state index in [-0.39, 0.29) is 32.0 Å². The van der Waals surface area contributed by atoms with Gasteiger partial charge in [0, 0.05) is 12.8 Å².